The molecule has 1 N–H and O–H groups in total. The molecule has 2 aromatic rings. The van der Waals surface area contributed by atoms with Gasteiger partial charge in [0.15, 0.2) is 11.6 Å². The summed E-state index contributed by atoms with van der Waals surface area (Å²) in [6.45, 7) is 4.56. The van der Waals surface area contributed by atoms with Crippen LogP contribution in [-0.4, -0.2) is 40.6 Å². The number of hydrogen-bond donors (Lipinski definition) is 1. The molecule has 0 bridgehead atoms. The van der Waals surface area contributed by atoms with Gasteiger partial charge in [0.25, 0.3) is 5.91 Å². The summed E-state index contributed by atoms with van der Waals surface area (Å²) in [6, 6.07) is 7.58. The fourth-order valence-electron chi connectivity index (χ4n) is 3.19. The van der Waals surface area contributed by atoms with Crippen LogP contribution in [0.3, 0.4) is 0 Å². The molecular weight excluding hydrogens is 316 g/mol. The van der Waals surface area contributed by atoms with Gasteiger partial charge in [0.05, 0.1) is 0 Å². The summed E-state index contributed by atoms with van der Waals surface area (Å²) in [7, 11) is 0. The second kappa shape index (κ2) is 6.34. The molecule has 1 amide bonds. The van der Waals surface area contributed by atoms with Gasteiger partial charge in [-0.05, 0) is 24.6 Å². The number of aryl methyl sites for hydroxylation is 2. The van der Waals surface area contributed by atoms with Crippen LogP contribution < -0.4 is 0 Å². The van der Waals surface area contributed by atoms with Crippen LogP contribution in [0.15, 0.2) is 28.7 Å². The van der Waals surface area contributed by atoms with Crippen molar-refractivity contribution in [2.75, 3.05) is 19.7 Å². The summed E-state index contributed by atoms with van der Waals surface area (Å²) in [6.07, 6.45) is 0. The number of likely N-dealkylation sites (tertiary alicyclic amines) is 1. The van der Waals surface area contributed by atoms with Crippen molar-refractivity contribution in [1.82, 2.24) is 9.88 Å². The molecule has 1 aromatic carbocycles. The Labute approximate surface area is 139 Å². The number of benzene rings is 1. The van der Waals surface area contributed by atoms with Crippen molar-refractivity contribution >= 4 is 17.5 Å². The average molecular weight is 335 g/mol. The highest BCUT2D eigenvalue weighted by Crippen LogP contribution is 2.34. The highest BCUT2D eigenvalue weighted by atomic mass is 35.5. The predicted octanol–water partition coefficient (Wildman–Crippen LogP) is 2.79. The van der Waals surface area contributed by atoms with E-state index < -0.39 is 0 Å². The van der Waals surface area contributed by atoms with Gasteiger partial charge < -0.3 is 14.4 Å². The maximum absolute atomic E-state index is 12.7. The minimum absolute atomic E-state index is 0.00781. The van der Waals surface area contributed by atoms with Gasteiger partial charge in [-0.15, -0.1) is 0 Å². The summed E-state index contributed by atoms with van der Waals surface area (Å²) in [5.41, 5.74) is 1.44. The lowest BCUT2D eigenvalue weighted by molar-refractivity contribution is 0.0774. The molecule has 1 saturated heterocycles. The van der Waals surface area contributed by atoms with E-state index in [2.05, 4.69) is 4.98 Å². The number of halogens is 1. The molecule has 2 atom stereocenters. The zero-order chi connectivity index (χ0) is 16.6. The van der Waals surface area contributed by atoms with Crippen LogP contribution in [0.2, 0.25) is 5.02 Å². The number of carbonyl (C=O) groups excluding carboxylic acids is 1. The summed E-state index contributed by atoms with van der Waals surface area (Å²) in [4.78, 5) is 18.6. The van der Waals surface area contributed by atoms with Crippen LogP contribution in [0.5, 0.6) is 0 Å². The van der Waals surface area contributed by atoms with Gasteiger partial charge >= 0.3 is 0 Å². The van der Waals surface area contributed by atoms with Crippen molar-refractivity contribution in [3.8, 4) is 0 Å². The van der Waals surface area contributed by atoms with E-state index in [1.54, 1.807) is 18.7 Å². The SMILES string of the molecule is Cc1nc(C(=O)N2C[C@@H](CO)[C@H](c3ccc(Cl)cc3)C2)c(C)o1. The lowest BCUT2D eigenvalue weighted by Crippen LogP contribution is -2.30. The van der Waals surface area contributed by atoms with Gasteiger partial charge in [-0.25, -0.2) is 4.98 Å². The van der Waals surface area contributed by atoms with E-state index in [4.69, 9.17) is 16.0 Å². The molecule has 1 aliphatic heterocycles. The maximum Gasteiger partial charge on any atom is 0.276 e. The molecule has 2 heterocycles. The number of nitrogens with zero attached hydrogens (tertiary/aromatic N) is 2. The number of aliphatic hydroxyl groups is 1. The molecule has 5 nitrogen and oxygen atoms in total. The smallest absolute Gasteiger partial charge is 0.276 e. The fourth-order valence-corrected chi connectivity index (χ4v) is 3.31. The van der Waals surface area contributed by atoms with Crippen molar-refractivity contribution < 1.29 is 14.3 Å². The third-order valence-corrected chi connectivity index (χ3v) is 4.62. The molecule has 0 radical (unpaired) electrons. The van der Waals surface area contributed by atoms with Crippen molar-refractivity contribution in [2.24, 2.45) is 5.92 Å². The summed E-state index contributed by atoms with van der Waals surface area (Å²) < 4.78 is 5.35. The number of hydrogen-bond acceptors (Lipinski definition) is 4. The Bertz CT molecular complexity index is 711. The maximum atomic E-state index is 12.7. The Hall–Kier alpha value is -1.85. The lowest BCUT2D eigenvalue weighted by Gasteiger charge is -2.16. The minimum atomic E-state index is -0.144. The highest BCUT2D eigenvalue weighted by molar-refractivity contribution is 6.30. The van der Waals surface area contributed by atoms with E-state index in [1.165, 1.54) is 0 Å². The first-order chi connectivity index (χ1) is 11.0. The third kappa shape index (κ3) is 3.12. The average Bonchev–Trinajstić information content (AvgIpc) is 3.10. The quantitative estimate of drug-likeness (QED) is 0.937. The fraction of sp³-hybridized carbons (Fsp3) is 0.412. The molecule has 23 heavy (non-hydrogen) atoms. The number of amides is 1. The van der Waals surface area contributed by atoms with Crippen LogP contribution in [0.4, 0.5) is 0 Å². The summed E-state index contributed by atoms with van der Waals surface area (Å²) in [5, 5.41) is 10.4. The van der Waals surface area contributed by atoms with Gasteiger partial charge in [0.2, 0.25) is 0 Å². The van der Waals surface area contributed by atoms with Gasteiger partial charge in [0.1, 0.15) is 5.76 Å². The van der Waals surface area contributed by atoms with E-state index in [1.807, 2.05) is 24.3 Å². The summed E-state index contributed by atoms with van der Waals surface area (Å²) in [5.74, 6) is 0.971. The van der Waals surface area contributed by atoms with Crippen molar-refractivity contribution in [3.05, 3.63) is 52.2 Å². The zero-order valence-electron chi connectivity index (χ0n) is 13.1. The van der Waals surface area contributed by atoms with E-state index in [9.17, 15) is 9.90 Å². The number of oxazole rings is 1. The van der Waals surface area contributed by atoms with Gasteiger partial charge in [0, 0.05) is 43.5 Å². The molecule has 1 fully saturated rings. The Kier molecular flexibility index (Phi) is 4.41. The molecular formula is C17H19ClN2O3. The zero-order valence-corrected chi connectivity index (χ0v) is 13.9. The molecule has 0 spiro atoms. The first-order valence-electron chi connectivity index (χ1n) is 7.59. The highest BCUT2D eigenvalue weighted by Gasteiger charge is 2.37. The topological polar surface area (TPSA) is 66.6 Å². The number of rotatable bonds is 3. The van der Waals surface area contributed by atoms with E-state index in [0.717, 1.165) is 5.56 Å². The second-order valence-electron chi connectivity index (χ2n) is 5.95. The number of aliphatic hydroxyl groups excluding tert-OH is 1. The first-order valence-corrected chi connectivity index (χ1v) is 7.97. The lowest BCUT2D eigenvalue weighted by atomic mass is 9.90. The van der Waals surface area contributed by atoms with Gasteiger partial charge in [-0.1, -0.05) is 23.7 Å². The van der Waals surface area contributed by atoms with Crippen LogP contribution in [-0.2, 0) is 0 Å². The van der Waals surface area contributed by atoms with E-state index >= 15 is 0 Å². The Morgan fingerprint density at radius 3 is 2.61 bits per heavy atom. The molecule has 122 valence electrons. The minimum Gasteiger partial charge on any atom is -0.445 e. The first kappa shape index (κ1) is 16.0. The van der Waals surface area contributed by atoms with E-state index in [0.29, 0.717) is 35.5 Å². The Morgan fingerprint density at radius 1 is 1.35 bits per heavy atom. The standard InChI is InChI=1S/C17H19ClN2O3/c1-10-16(19-11(2)23-10)17(22)20-7-13(9-21)15(8-20)12-3-5-14(18)6-4-12/h3-6,13,15,21H,7-9H2,1-2H3/t13-,15-/m0/s1. The van der Waals surface area contributed by atoms with Crippen molar-refractivity contribution in [3.63, 3.8) is 0 Å². The molecule has 0 unspecified atom stereocenters. The Balaban J connectivity index is 1.82. The molecule has 1 aliphatic rings. The molecule has 3 rings (SSSR count). The van der Waals surface area contributed by atoms with Gasteiger partial charge in [-0.2, -0.15) is 0 Å². The normalized spacial score (nSPS) is 21.0. The van der Waals surface area contributed by atoms with Crippen LogP contribution in [0.1, 0.15) is 33.6 Å². The van der Waals surface area contributed by atoms with Crippen molar-refractivity contribution in [1.29, 1.82) is 0 Å². The molecule has 0 aliphatic carbocycles. The van der Waals surface area contributed by atoms with Crippen molar-refractivity contribution in [2.45, 2.75) is 19.8 Å². The summed E-state index contributed by atoms with van der Waals surface area (Å²) >= 11 is 5.93. The van der Waals surface area contributed by atoms with E-state index in [-0.39, 0.29) is 24.3 Å². The molecule has 1 aromatic heterocycles. The molecule has 0 saturated carbocycles. The van der Waals surface area contributed by atoms with Crippen LogP contribution in [0.25, 0.3) is 0 Å². The van der Waals surface area contributed by atoms with Gasteiger partial charge in [-0.3, -0.25) is 4.79 Å². The second-order valence-corrected chi connectivity index (χ2v) is 6.38. The largest absolute Gasteiger partial charge is 0.445 e. The Morgan fingerprint density at radius 2 is 2.04 bits per heavy atom. The number of carbonyl (C=O) groups is 1. The monoisotopic (exact) mass is 334 g/mol. The van der Waals surface area contributed by atoms with Crippen LogP contribution >= 0.6 is 11.6 Å². The van der Waals surface area contributed by atoms with Crippen LogP contribution in [0, 0.1) is 19.8 Å². The molecule has 6 heteroatoms. The third-order valence-electron chi connectivity index (χ3n) is 4.37. The number of aromatic nitrogens is 1. The predicted molar refractivity (Wildman–Crippen MR) is 86.6 cm³/mol.